The molecule has 0 bridgehead atoms. The summed E-state index contributed by atoms with van der Waals surface area (Å²) in [7, 11) is 3.19. The van der Waals surface area contributed by atoms with Gasteiger partial charge in [-0.3, -0.25) is 4.79 Å². The number of H-pyrrole nitrogens is 1. The Hall–Kier alpha value is -2.34. The first kappa shape index (κ1) is 15.1. The molecule has 21 heavy (non-hydrogen) atoms. The Bertz CT molecular complexity index is 667. The standard InChI is InChI=1S/C15H19N3O3/c1-4-16-9-10-7-13(17-18-15(10)19)12-6-5-11(20-2)8-14(12)21-3/h5-8,16H,4,9H2,1-3H3,(H,18,19). The van der Waals surface area contributed by atoms with Crippen LogP contribution in [0.4, 0.5) is 0 Å². The van der Waals surface area contributed by atoms with Gasteiger partial charge in [0.15, 0.2) is 0 Å². The molecule has 0 aliphatic rings. The average molecular weight is 289 g/mol. The molecular formula is C15H19N3O3. The summed E-state index contributed by atoms with van der Waals surface area (Å²) in [5.74, 6) is 1.34. The summed E-state index contributed by atoms with van der Waals surface area (Å²) >= 11 is 0. The summed E-state index contributed by atoms with van der Waals surface area (Å²) < 4.78 is 10.5. The zero-order chi connectivity index (χ0) is 15.2. The molecule has 6 nitrogen and oxygen atoms in total. The number of nitrogens with zero attached hydrogens (tertiary/aromatic N) is 1. The third kappa shape index (κ3) is 3.41. The summed E-state index contributed by atoms with van der Waals surface area (Å²) in [4.78, 5) is 11.8. The number of aromatic amines is 1. The van der Waals surface area contributed by atoms with E-state index in [1.165, 1.54) is 0 Å². The number of hydrogen-bond acceptors (Lipinski definition) is 5. The molecule has 0 radical (unpaired) electrons. The molecule has 6 heteroatoms. The number of hydrogen-bond donors (Lipinski definition) is 2. The molecule has 1 heterocycles. The van der Waals surface area contributed by atoms with E-state index >= 15 is 0 Å². The first-order valence-corrected chi connectivity index (χ1v) is 6.71. The van der Waals surface area contributed by atoms with Crippen LogP contribution in [0, 0.1) is 0 Å². The van der Waals surface area contributed by atoms with Crippen molar-refractivity contribution in [1.82, 2.24) is 15.5 Å². The van der Waals surface area contributed by atoms with Gasteiger partial charge in [-0.25, -0.2) is 5.10 Å². The van der Waals surface area contributed by atoms with Gasteiger partial charge in [0.05, 0.1) is 19.9 Å². The van der Waals surface area contributed by atoms with Crippen LogP contribution in [0.1, 0.15) is 12.5 Å². The van der Waals surface area contributed by atoms with Crippen molar-refractivity contribution in [2.75, 3.05) is 20.8 Å². The fraction of sp³-hybridized carbons (Fsp3) is 0.333. The number of benzene rings is 1. The lowest BCUT2D eigenvalue weighted by Gasteiger charge is -2.10. The molecule has 0 unspecified atom stereocenters. The van der Waals surface area contributed by atoms with Gasteiger partial charge < -0.3 is 14.8 Å². The number of rotatable bonds is 6. The van der Waals surface area contributed by atoms with Crippen LogP contribution < -0.4 is 20.3 Å². The van der Waals surface area contributed by atoms with Gasteiger partial charge in [-0.15, -0.1) is 0 Å². The quantitative estimate of drug-likeness (QED) is 0.844. The van der Waals surface area contributed by atoms with Crippen LogP contribution in [0.5, 0.6) is 11.5 Å². The van der Waals surface area contributed by atoms with E-state index in [9.17, 15) is 4.79 Å². The maximum atomic E-state index is 11.8. The normalized spacial score (nSPS) is 10.4. The van der Waals surface area contributed by atoms with Crippen LogP contribution in [0.25, 0.3) is 11.3 Å². The molecule has 0 atom stereocenters. The minimum absolute atomic E-state index is 0.188. The van der Waals surface area contributed by atoms with Crippen molar-refractivity contribution in [3.63, 3.8) is 0 Å². The largest absolute Gasteiger partial charge is 0.497 e. The van der Waals surface area contributed by atoms with Crippen molar-refractivity contribution in [3.05, 3.63) is 40.2 Å². The van der Waals surface area contributed by atoms with E-state index in [1.807, 2.05) is 19.1 Å². The topological polar surface area (TPSA) is 76.2 Å². The highest BCUT2D eigenvalue weighted by molar-refractivity contribution is 5.68. The van der Waals surface area contributed by atoms with Gasteiger partial charge >= 0.3 is 0 Å². The molecule has 0 aliphatic heterocycles. The van der Waals surface area contributed by atoms with Crippen molar-refractivity contribution in [3.8, 4) is 22.8 Å². The van der Waals surface area contributed by atoms with Crippen LogP contribution in [-0.2, 0) is 6.54 Å². The number of aromatic nitrogens is 2. The predicted octanol–water partition coefficient (Wildman–Crippen LogP) is 1.56. The zero-order valence-electron chi connectivity index (χ0n) is 12.4. The van der Waals surface area contributed by atoms with Gasteiger partial charge in [-0.05, 0) is 24.7 Å². The maximum Gasteiger partial charge on any atom is 0.268 e. The lowest BCUT2D eigenvalue weighted by molar-refractivity contribution is 0.395. The summed E-state index contributed by atoms with van der Waals surface area (Å²) in [6.07, 6.45) is 0. The van der Waals surface area contributed by atoms with E-state index in [0.717, 1.165) is 12.1 Å². The van der Waals surface area contributed by atoms with Crippen molar-refractivity contribution in [1.29, 1.82) is 0 Å². The Morgan fingerprint density at radius 2 is 2.05 bits per heavy atom. The molecule has 2 aromatic rings. The Morgan fingerprint density at radius 3 is 2.71 bits per heavy atom. The van der Waals surface area contributed by atoms with E-state index in [4.69, 9.17) is 9.47 Å². The Labute approximate surface area is 123 Å². The molecule has 112 valence electrons. The zero-order valence-corrected chi connectivity index (χ0v) is 12.4. The first-order chi connectivity index (χ1) is 10.2. The van der Waals surface area contributed by atoms with Crippen molar-refractivity contribution in [2.24, 2.45) is 0 Å². The molecular weight excluding hydrogens is 270 g/mol. The van der Waals surface area contributed by atoms with Gasteiger partial charge in [-0.2, -0.15) is 5.10 Å². The number of methoxy groups -OCH3 is 2. The van der Waals surface area contributed by atoms with Crippen LogP contribution in [0.3, 0.4) is 0 Å². The van der Waals surface area contributed by atoms with E-state index in [-0.39, 0.29) is 5.56 Å². The molecule has 2 N–H and O–H groups in total. The second kappa shape index (κ2) is 6.90. The van der Waals surface area contributed by atoms with Crippen LogP contribution in [0.2, 0.25) is 0 Å². The van der Waals surface area contributed by atoms with E-state index in [2.05, 4.69) is 15.5 Å². The molecule has 0 saturated carbocycles. The molecule has 1 aromatic carbocycles. The van der Waals surface area contributed by atoms with E-state index in [1.54, 1.807) is 26.4 Å². The average Bonchev–Trinajstić information content (AvgIpc) is 2.53. The maximum absolute atomic E-state index is 11.8. The molecule has 2 rings (SSSR count). The Morgan fingerprint density at radius 1 is 1.24 bits per heavy atom. The van der Waals surface area contributed by atoms with Gasteiger partial charge in [0.1, 0.15) is 11.5 Å². The molecule has 0 spiro atoms. The number of nitrogens with one attached hydrogen (secondary N) is 2. The number of ether oxygens (including phenoxy) is 2. The fourth-order valence-electron chi connectivity index (χ4n) is 1.98. The van der Waals surface area contributed by atoms with E-state index < -0.39 is 0 Å². The minimum Gasteiger partial charge on any atom is -0.497 e. The molecule has 0 aliphatic carbocycles. The summed E-state index contributed by atoms with van der Waals surface area (Å²) in [5, 5.41) is 9.75. The van der Waals surface area contributed by atoms with Crippen LogP contribution in [-0.4, -0.2) is 31.0 Å². The molecule has 0 fully saturated rings. The second-order valence-electron chi connectivity index (χ2n) is 4.45. The summed E-state index contributed by atoms with van der Waals surface area (Å²) in [6, 6.07) is 7.24. The third-order valence-electron chi connectivity index (χ3n) is 3.13. The lowest BCUT2D eigenvalue weighted by atomic mass is 10.1. The summed E-state index contributed by atoms with van der Waals surface area (Å²) in [5.41, 5.74) is 1.90. The van der Waals surface area contributed by atoms with Crippen molar-refractivity contribution in [2.45, 2.75) is 13.5 Å². The van der Waals surface area contributed by atoms with Crippen LogP contribution in [0.15, 0.2) is 29.1 Å². The second-order valence-corrected chi connectivity index (χ2v) is 4.45. The monoisotopic (exact) mass is 289 g/mol. The van der Waals surface area contributed by atoms with E-state index in [0.29, 0.717) is 29.3 Å². The first-order valence-electron chi connectivity index (χ1n) is 6.71. The molecule has 1 aromatic heterocycles. The Balaban J connectivity index is 2.44. The fourth-order valence-corrected chi connectivity index (χ4v) is 1.98. The van der Waals surface area contributed by atoms with Gasteiger partial charge in [0, 0.05) is 23.7 Å². The highest BCUT2D eigenvalue weighted by Gasteiger charge is 2.11. The van der Waals surface area contributed by atoms with Gasteiger partial charge in [-0.1, -0.05) is 6.92 Å². The van der Waals surface area contributed by atoms with Crippen molar-refractivity contribution < 1.29 is 9.47 Å². The highest BCUT2D eigenvalue weighted by Crippen LogP contribution is 2.31. The predicted molar refractivity (Wildman–Crippen MR) is 80.8 cm³/mol. The van der Waals surface area contributed by atoms with Crippen molar-refractivity contribution >= 4 is 0 Å². The summed E-state index contributed by atoms with van der Waals surface area (Å²) in [6.45, 7) is 3.28. The third-order valence-corrected chi connectivity index (χ3v) is 3.13. The highest BCUT2D eigenvalue weighted by atomic mass is 16.5. The van der Waals surface area contributed by atoms with Gasteiger partial charge in [0.25, 0.3) is 5.56 Å². The SMILES string of the molecule is CCNCc1cc(-c2ccc(OC)cc2OC)n[nH]c1=O. The van der Waals surface area contributed by atoms with Crippen LogP contribution >= 0.6 is 0 Å². The van der Waals surface area contributed by atoms with Gasteiger partial charge in [0.2, 0.25) is 0 Å². The smallest absolute Gasteiger partial charge is 0.268 e. The molecule has 0 saturated heterocycles. The lowest BCUT2D eigenvalue weighted by Crippen LogP contribution is -2.21. The molecule has 0 amide bonds. The minimum atomic E-state index is -0.188. The Kier molecular flexibility index (Phi) is 4.94.